The lowest BCUT2D eigenvalue weighted by atomic mass is 10.00. The second kappa shape index (κ2) is 5.74. The first-order valence-corrected chi connectivity index (χ1v) is 9.86. The molecule has 1 aliphatic heterocycles. The number of aromatic nitrogens is 1. The highest BCUT2D eigenvalue weighted by molar-refractivity contribution is 7.91. The largest absolute Gasteiger partial charge is 0.440 e. The van der Waals surface area contributed by atoms with Crippen molar-refractivity contribution in [2.24, 2.45) is 0 Å². The molecule has 1 fully saturated rings. The summed E-state index contributed by atoms with van der Waals surface area (Å²) in [5, 5.41) is 1.79. The summed E-state index contributed by atoms with van der Waals surface area (Å²) in [6, 6.07) is 11.0. The van der Waals surface area contributed by atoms with Crippen molar-refractivity contribution in [2.45, 2.75) is 23.0 Å². The minimum Gasteiger partial charge on any atom is -0.440 e. The van der Waals surface area contributed by atoms with E-state index in [1.807, 2.05) is 24.3 Å². The lowest BCUT2D eigenvalue weighted by Crippen LogP contribution is -2.38. The van der Waals surface area contributed by atoms with Crippen LogP contribution >= 0.6 is 11.3 Å². The Morgan fingerprint density at radius 2 is 2.09 bits per heavy atom. The highest BCUT2D eigenvalue weighted by Gasteiger charge is 2.33. The van der Waals surface area contributed by atoms with E-state index in [-0.39, 0.29) is 5.92 Å². The van der Waals surface area contributed by atoms with Gasteiger partial charge < -0.3 is 4.42 Å². The highest BCUT2D eigenvalue weighted by atomic mass is 32.2. The number of piperidine rings is 1. The van der Waals surface area contributed by atoms with Gasteiger partial charge >= 0.3 is 0 Å². The highest BCUT2D eigenvalue weighted by Crippen LogP contribution is 2.32. The molecule has 0 N–H and O–H groups in total. The van der Waals surface area contributed by atoms with Crippen molar-refractivity contribution in [1.82, 2.24) is 9.29 Å². The van der Waals surface area contributed by atoms with Crippen LogP contribution in [-0.2, 0) is 10.0 Å². The molecule has 2 aromatic heterocycles. The van der Waals surface area contributed by atoms with Gasteiger partial charge in [-0.05, 0) is 36.4 Å². The average Bonchev–Trinajstić information content (AvgIpc) is 3.24. The molecule has 0 unspecified atom stereocenters. The fraction of sp³-hybridized carbons (Fsp3) is 0.312. The van der Waals surface area contributed by atoms with E-state index < -0.39 is 10.0 Å². The Hall–Kier alpha value is -1.70. The average molecular weight is 348 g/mol. The van der Waals surface area contributed by atoms with Gasteiger partial charge in [-0.3, -0.25) is 0 Å². The van der Waals surface area contributed by atoms with Crippen LogP contribution in [0.3, 0.4) is 0 Å². The van der Waals surface area contributed by atoms with Gasteiger partial charge in [-0.1, -0.05) is 18.2 Å². The molecule has 1 aliphatic rings. The van der Waals surface area contributed by atoms with E-state index in [1.165, 1.54) is 11.3 Å². The molecule has 0 bridgehead atoms. The topological polar surface area (TPSA) is 63.4 Å². The van der Waals surface area contributed by atoms with Crippen molar-refractivity contribution in [3.63, 3.8) is 0 Å². The molecule has 0 amide bonds. The van der Waals surface area contributed by atoms with Gasteiger partial charge in [-0.25, -0.2) is 13.4 Å². The fourth-order valence-electron chi connectivity index (χ4n) is 2.96. The van der Waals surface area contributed by atoms with E-state index in [9.17, 15) is 8.42 Å². The molecule has 0 spiro atoms. The zero-order valence-electron chi connectivity index (χ0n) is 12.4. The van der Waals surface area contributed by atoms with Crippen molar-refractivity contribution in [3.8, 4) is 0 Å². The Kier molecular flexibility index (Phi) is 3.71. The van der Waals surface area contributed by atoms with Crippen molar-refractivity contribution >= 4 is 32.5 Å². The normalized spacial score (nSPS) is 20.1. The summed E-state index contributed by atoms with van der Waals surface area (Å²) in [5.74, 6) is 0.642. The molecule has 3 aromatic rings. The van der Waals surface area contributed by atoms with Crippen LogP contribution in [0.5, 0.6) is 0 Å². The van der Waals surface area contributed by atoms with Crippen LogP contribution in [0.4, 0.5) is 0 Å². The number of para-hydroxylation sites is 2. The molecule has 1 aromatic carbocycles. The lowest BCUT2D eigenvalue weighted by molar-refractivity contribution is 0.289. The molecule has 5 nitrogen and oxygen atoms in total. The number of sulfonamides is 1. The van der Waals surface area contributed by atoms with Crippen molar-refractivity contribution < 1.29 is 12.8 Å². The molecule has 120 valence electrons. The summed E-state index contributed by atoms with van der Waals surface area (Å²) >= 11 is 1.26. The van der Waals surface area contributed by atoms with Crippen LogP contribution < -0.4 is 0 Å². The van der Waals surface area contributed by atoms with Crippen LogP contribution in [0.15, 0.2) is 50.4 Å². The third-order valence-corrected chi connectivity index (χ3v) is 7.37. The van der Waals surface area contributed by atoms with E-state index in [4.69, 9.17) is 4.42 Å². The summed E-state index contributed by atoms with van der Waals surface area (Å²) in [4.78, 5) is 4.53. The second-order valence-electron chi connectivity index (χ2n) is 5.65. The number of benzene rings is 1. The van der Waals surface area contributed by atoms with E-state index in [0.717, 1.165) is 23.9 Å². The minimum absolute atomic E-state index is 0.00545. The Balaban J connectivity index is 1.62. The summed E-state index contributed by atoms with van der Waals surface area (Å²) in [6.45, 7) is 0.976. The molecule has 1 atom stereocenters. The minimum atomic E-state index is -3.41. The van der Waals surface area contributed by atoms with Gasteiger partial charge in [-0.2, -0.15) is 4.31 Å². The van der Waals surface area contributed by atoms with Crippen LogP contribution in [0.1, 0.15) is 24.7 Å². The van der Waals surface area contributed by atoms with Crippen molar-refractivity contribution in [2.75, 3.05) is 13.1 Å². The summed E-state index contributed by atoms with van der Waals surface area (Å²) < 4.78 is 33.2. The first kappa shape index (κ1) is 14.9. The molecule has 0 saturated carbocycles. The Morgan fingerprint density at radius 3 is 2.87 bits per heavy atom. The molecule has 4 rings (SSSR count). The van der Waals surface area contributed by atoms with Gasteiger partial charge in [0.25, 0.3) is 10.0 Å². The molecule has 3 heterocycles. The number of hydrogen-bond donors (Lipinski definition) is 0. The smallest absolute Gasteiger partial charge is 0.252 e. The molecule has 1 saturated heterocycles. The summed E-state index contributed by atoms with van der Waals surface area (Å²) in [6.07, 6.45) is 1.71. The number of thiophene rings is 1. The number of hydrogen-bond acceptors (Lipinski definition) is 5. The lowest BCUT2D eigenvalue weighted by Gasteiger charge is -2.29. The zero-order chi connectivity index (χ0) is 15.9. The van der Waals surface area contributed by atoms with Crippen molar-refractivity contribution in [3.05, 3.63) is 47.7 Å². The third kappa shape index (κ3) is 2.69. The number of nitrogens with zero attached hydrogens (tertiary/aromatic N) is 2. The van der Waals surface area contributed by atoms with E-state index in [2.05, 4.69) is 4.98 Å². The Morgan fingerprint density at radius 1 is 1.22 bits per heavy atom. The van der Waals surface area contributed by atoms with Crippen LogP contribution in [0.25, 0.3) is 11.1 Å². The van der Waals surface area contributed by atoms with Gasteiger partial charge in [0, 0.05) is 19.0 Å². The maximum atomic E-state index is 12.7. The second-order valence-corrected chi connectivity index (χ2v) is 8.77. The molecule has 0 radical (unpaired) electrons. The first-order valence-electron chi connectivity index (χ1n) is 7.54. The van der Waals surface area contributed by atoms with Crippen molar-refractivity contribution in [1.29, 1.82) is 0 Å². The predicted octanol–water partition coefficient (Wildman–Crippen LogP) is 3.46. The van der Waals surface area contributed by atoms with Crippen LogP contribution in [-0.4, -0.2) is 30.8 Å². The molecule has 0 aliphatic carbocycles. The number of rotatable bonds is 3. The fourth-order valence-corrected chi connectivity index (χ4v) is 5.63. The van der Waals surface area contributed by atoms with Gasteiger partial charge in [0.1, 0.15) is 9.73 Å². The monoisotopic (exact) mass is 348 g/mol. The van der Waals surface area contributed by atoms with E-state index >= 15 is 0 Å². The number of oxazole rings is 1. The summed E-state index contributed by atoms with van der Waals surface area (Å²) in [7, 11) is -3.41. The first-order chi connectivity index (χ1) is 11.1. The Bertz CT molecular complexity index is 883. The van der Waals surface area contributed by atoms with Gasteiger partial charge in [0.15, 0.2) is 11.5 Å². The van der Waals surface area contributed by atoms with E-state index in [0.29, 0.717) is 23.2 Å². The predicted molar refractivity (Wildman–Crippen MR) is 89.1 cm³/mol. The maximum absolute atomic E-state index is 12.7. The third-order valence-electron chi connectivity index (χ3n) is 4.13. The number of fused-ring (bicyclic) bond motifs is 1. The van der Waals surface area contributed by atoms with Gasteiger partial charge in [-0.15, -0.1) is 11.3 Å². The molecular formula is C16H16N2O3S2. The molecule has 7 heteroatoms. The molecular weight excluding hydrogens is 332 g/mol. The van der Waals surface area contributed by atoms with E-state index in [1.54, 1.807) is 21.8 Å². The zero-order valence-corrected chi connectivity index (χ0v) is 14.0. The van der Waals surface area contributed by atoms with Gasteiger partial charge in [0.2, 0.25) is 0 Å². The summed E-state index contributed by atoms with van der Waals surface area (Å²) in [5.41, 5.74) is 1.57. The SMILES string of the molecule is O=S(=O)(c1cccs1)N1CCC[C@@H](c2nc3ccccc3o2)C1. The Labute approximate surface area is 138 Å². The maximum Gasteiger partial charge on any atom is 0.252 e. The standard InChI is InChI=1S/C16H16N2O3S2/c19-23(20,15-8-4-10-22-15)18-9-3-5-12(11-18)16-17-13-6-1-2-7-14(13)21-16/h1-2,4,6-8,10,12H,3,5,9,11H2/t12-/m1/s1. The van der Waals surface area contributed by atoms with Gasteiger partial charge in [0.05, 0.1) is 0 Å². The van der Waals surface area contributed by atoms with Crippen LogP contribution in [0, 0.1) is 0 Å². The molecule has 23 heavy (non-hydrogen) atoms. The quantitative estimate of drug-likeness (QED) is 0.727. The van der Waals surface area contributed by atoms with Crippen LogP contribution in [0.2, 0.25) is 0 Å².